The summed E-state index contributed by atoms with van der Waals surface area (Å²) in [5, 5.41) is 23.2. The van der Waals surface area contributed by atoms with Crippen LogP contribution in [0.15, 0.2) is 22.8 Å². The average molecular weight is 437 g/mol. The molecule has 0 saturated carbocycles. The number of halogens is 2. The Kier molecular flexibility index (Phi) is 5.89. The van der Waals surface area contributed by atoms with Crippen molar-refractivity contribution in [1.82, 2.24) is 9.78 Å². The second kappa shape index (κ2) is 8.17. The summed E-state index contributed by atoms with van der Waals surface area (Å²) in [5.74, 6) is -1.44. The first-order valence-corrected chi connectivity index (χ1v) is 9.16. The smallest absolute Gasteiger partial charge is 0.252 e. The van der Waals surface area contributed by atoms with Crippen molar-refractivity contribution in [3.05, 3.63) is 51.0 Å². The number of amides is 1. The number of carbonyl (C=O) groups is 1. The molecule has 1 aromatic carbocycles. The molecule has 1 fully saturated rings. The monoisotopic (exact) mass is 436 g/mol. The molecule has 0 spiro atoms. The number of hydrogen-bond acceptors (Lipinski definition) is 5. The Hall–Kier alpha value is -2.28. The highest BCUT2D eigenvalue weighted by Crippen LogP contribution is 2.28. The molecule has 0 aliphatic carbocycles. The summed E-state index contributed by atoms with van der Waals surface area (Å²) in [7, 11) is 0. The molecule has 1 amide bonds. The summed E-state index contributed by atoms with van der Waals surface area (Å²) in [6.07, 6.45) is 2.26. The van der Waals surface area contributed by atoms with Crippen molar-refractivity contribution in [3.63, 3.8) is 0 Å². The van der Waals surface area contributed by atoms with E-state index in [9.17, 15) is 19.6 Å². The zero-order valence-electron chi connectivity index (χ0n) is 14.4. The number of ether oxygens (including phenoxy) is 1. The fraction of sp³-hybridized carbons (Fsp3) is 0.389. The second-order valence-electron chi connectivity index (χ2n) is 6.39. The van der Waals surface area contributed by atoms with Crippen LogP contribution in [0.1, 0.15) is 39.6 Å². The maximum Gasteiger partial charge on any atom is 0.252 e. The number of aliphatic hydroxyl groups is 1. The van der Waals surface area contributed by atoms with Gasteiger partial charge in [-0.3, -0.25) is 9.48 Å². The number of nitrogens with zero attached hydrogens (tertiary/aromatic N) is 3. The van der Waals surface area contributed by atoms with E-state index in [4.69, 9.17) is 10.5 Å². The Balaban J connectivity index is 1.96. The van der Waals surface area contributed by atoms with Crippen molar-refractivity contribution < 1.29 is 19.0 Å². The number of benzene rings is 1. The van der Waals surface area contributed by atoms with Gasteiger partial charge in [0.15, 0.2) is 0 Å². The van der Waals surface area contributed by atoms with Crippen LogP contribution in [0.4, 0.5) is 4.39 Å². The molecule has 27 heavy (non-hydrogen) atoms. The summed E-state index contributed by atoms with van der Waals surface area (Å²) in [5.41, 5.74) is 7.02. The molecular weight excluding hydrogens is 419 g/mol. The SMILES string of the molecule is N#C[C@H]1CCOCC1n1cc(C(N)=O)c(Cc2cc(F)c(Br)c(CO)c2)n1. The predicted octanol–water partition coefficient (Wildman–Crippen LogP) is 2.07. The van der Waals surface area contributed by atoms with Gasteiger partial charge in [0.2, 0.25) is 0 Å². The highest BCUT2D eigenvalue weighted by atomic mass is 79.9. The zero-order valence-corrected chi connectivity index (χ0v) is 15.9. The van der Waals surface area contributed by atoms with Crippen LogP contribution in [0.25, 0.3) is 0 Å². The minimum absolute atomic E-state index is 0.160. The highest BCUT2D eigenvalue weighted by Gasteiger charge is 2.29. The van der Waals surface area contributed by atoms with Crippen molar-refractivity contribution >= 4 is 21.8 Å². The Morgan fingerprint density at radius 3 is 3.00 bits per heavy atom. The third kappa shape index (κ3) is 4.03. The number of primary amides is 1. The van der Waals surface area contributed by atoms with E-state index in [-0.39, 0.29) is 35.0 Å². The van der Waals surface area contributed by atoms with E-state index >= 15 is 0 Å². The first-order valence-electron chi connectivity index (χ1n) is 8.37. The van der Waals surface area contributed by atoms with E-state index < -0.39 is 11.7 Å². The average Bonchev–Trinajstić information content (AvgIpc) is 3.08. The first-order chi connectivity index (χ1) is 12.9. The molecule has 1 saturated heterocycles. The minimum atomic E-state index is -0.651. The van der Waals surface area contributed by atoms with E-state index in [0.29, 0.717) is 36.5 Å². The molecule has 7 nitrogen and oxygen atoms in total. The minimum Gasteiger partial charge on any atom is -0.392 e. The fourth-order valence-electron chi connectivity index (χ4n) is 3.19. The van der Waals surface area contributed by atoms with Gasteiger partial charge in [0.1, 0.15) is 5.82 Å². The molecule has 0 radical (unpaired) electrons. The normalized spacial score (nSPS) is 19.6. The Bertz CT molecular complexity index is 909. The van der Waals surface area contributed by atoms with Crippen LogP contribution >= 0.6 is 15.9 Å². The maximum absolute atomic E-state index is 14.1. The zero-order chi connectivity index (χ0) is 19.6. The molecule has 142 valence electrons. The van der Waals surface area contributed by atoms with E-state index in [1.165, 1.54) is 12.3 Å². The number of rotatable bonds is 5. The fourth-order valence-corrected chi connectivity index (χ4v) is 3.54. The largest absolute Gasteiger partial charge is 0.392 e. The number of carbonyl (C=O) groups excluding carboxylic acids is 1. The summed E-state index contributed by atoms with van der Waals surface area (Å²) in [6.45, 7) is 0.498. The third-order valence-electron chi connectivity index (χ3n) is 4.61. The second-order valence-corrected chi connectivity index (χ2v) is 7.18. The van der Waals surface area contributed by atoms with Crippen LogP contribution in [0.2, 0.25) is 0 Å². The van der Waals surface area contributed by atoms with E-state index in [1.807, 2.05) is 0 Å². The summed E-state index contributed by atoms with van der Waals surface area (Å²) in [4.78, 5) is 11.9. The maximum atomic E-state index is 14.1. The lowest BCUT2D eigenvalue weighted by Gasteiger charge is -2.27. The van der Waals surface area contributed by atoms with Gasteiger partial charge < -0.3 is 15.6 Å². The summed E-state index contributed by atoms with van der Waals surface area (Å²) < 4.78 is 21.2. The molecule has 2 aromatic rings. The summed E-state index contributed by atoms with van der Waals surface area (Å²) >= 11 is 3.09. The Morgan fingerprint density at radius 1 is 1.56 bits per heavy atom. The molecule has 3 rings (SSSR count). The quantitative estimate of drug-likeness (QED) is 0.744. The van der Waals surface area contributed by atoms with E-state index in [2.05, 4.69) is 27.1 Å². The molecule has 0 bridgehead atoms. The van der Waals surface area contributed by atoms with Gasteiger partial charge in [-0.1, -0.05) is 6.07 Å². The Morgan fingerprint density at radius 2 is 2.33 bits per heavy atom. The van der Waals surface area contributed by atoms with Gasteiger partial charge in [0.25, 0.3) is 5.91 Å². The highest BCUT2D eigenvalue weighted by molar-refractivity contribution is 9.10. The standard InChI is InChI=1S/C18H18BrFN4O3/c19-17-12(8-25)3-10(4-14(17)20)5-15-13(18(22)26)7-24(23-15)16-9-27-2-1-11(16)6-21/h3-4,7,11,16,25H,1-2,5,8-9H2,(H2,22,26)/t11-,16?/m1/s1. The lowest BCUT2D eigenvalue weighted by molar-refractivity contribution is 0.0339. The molecular formula is C18H18BrFN4O3. The molecule has 2 atom stereocenters. The van der Waals surface area contributed by atoms with Crippen molar-refractivity contribution in [2.24, 2.45) is 11.7 Å². The van der Waals surface area contributed by atoms with Crippen LogP contribution in [0.5, 0.6) is 0 Å². The molecule has 2 heterocycles. The lowest BCUT2D eigenvalue weighted by atomic mass is 9.97. The van der Waals surface area contributed by atoms with Crippen molar-refractivity contribution in [2.45, 2.75) is 25.5 Å². The molecule has 1 aliphatic heterocycles. The van der Waals surface area contributed by atoms with Gasteiger partial charge in [-0.15, -0.1) is 0 Å². The van der Waals surface area contributed by atoms with Crippen LogP contribution in [0, 0.1) is 23.1 Å². The number of nitriles is 1. The first kappa shape index (κ1) is 19.5. The van der Waals surface area contributed by atoms with E-state index in [0.717, 1.165) is 0 Å². The molecule has 9 heteroatoms. The lowest BCUT2D eigenvalue weighted by Crippen LogP contribution is -2.29. The van der Waals surface area contributed by atoms with Gasteiger partial charge in [0.05, 0.1) is 47.0 Å². The van der Waals surface area contributed by atoms with Crippen LogP contribution in [-0.4, -0.2) is 34.0 Å². The van der Waals surface area contributed by atoms with E-state index in [1.54, 1.807) is 10.7 Å². The van der Waals surface area contributed by atoms with Gasteiger partial charge in [-0.25, -0.2) is 4.39 Å². The van der Waals surface area contributed by atoms with Gasteiger partial charge in [0, 0.05) is 19.2 Å². The number of hydrogen-bond donors (Lipinski definition) is 2. The van der Waals surface area contributed by atoms with Gasteiger partial charge in [-0.2, -0.15) is 10.4 Å². The van der Waals surface area contributed by atoms with Crippen LogP contribution in [-0.2, 0) is 17.8 Å². The molecule has 1 aromatic heterocycles. The summed E-state index contributed by atoms with van der Waals surface area (Å²) in [6, 6.07) is 4.89. The third-order valence-corrected chi connectivity index (χ3v) is 5.50. The van der Waals surface area contributed by atoms with Crippen LogP contribution in [0.3, 0.4) is 0 Å². The molecule has 3 N–H and O–H groups in total. The van der Waals surface area contributed by atoms with Crippen molar-refractivity contribution in [2.75, 3.05) is 13.2 Å². The molecule has 1 unspecified atom stereocenters. The molecule has 1 aliphatic rings. The topological polar surface area (TPSA) is 114 Å². The number of aliphatic hydroxyl groups excluding tert-OH is 1. The van der Waals surface area contributed by atoms with Crippen LogP contribution < -0.4 is 5.73 Å². The number of aromatic nitrogens is 2. The number of nitrogens with two attached hydrogens (primary N) is 1. The van der Waals surface area contributed by atoms with Gasteiger partial charge >= 0.3 is 0 Å². The Labute approximate surface area is 163 Å². The van der Waals surface area contributed by atoms with Crippen molar-refractivity contribution in [1.29, 1.82) is 5.26 Å². The van der Waals surface area contributed by atoms with Gasteiger partial charge in [-0.05, 0) is 39.5 Å². The van der Waals surface area contributed by atoms with Crippen molar-refractivity contribution in [3.8, 4) is 6.07 Å². The predicted molar refractivity (Wildman–Crippen MR) is 97.1 cm³/mol.